The minimum absolute atomic E-state index is 0.125. The van der Waals surface area contributed by atoms with Gasteiger partial charge in [-0.25, -0.2) is 9.59 Å². The molecule has 4 aromatic rings. The molecule has 0 aliphatic heterocycles. The predicted octanol–water partition coefficient (Wildman–Crippen LogP) is 7.91. The topological polar surface area (TPSA) is 88.2 Å². The number of carbonyl (C=O) groups is 3. The van der Waals surface area contributed by atoms with Crippen molar-refractivity contribution in [1.82, 2.24) is 15.1 Å². The molecular formula is C43H53N3O5. The molecule has 0 aromatic heterocycles. The van der Waals surface area contributed by atoms with Crippen LogP contribution >= 0.6 is 0 Å². The Kier molecular flexibility index (Phi) is 14.8. The first-order chi connectivity index (χ1) is 24.5. The summed E-state index contributed by atoms with van der Waals surface area (Å²) in [5.41, 5.74) is 4.57. The van der Waals surface area contributed by atoms with Crippen LogP contribution in [0.5, 0.6) is 0 Å². The van der Waals surface area contributed by atoms with Crippen LogP contribution in [0.25, 0.3) is 11.1 Å². The van der Waals surface area contributed by atoms with Crippen LogP contribution in [0.4, 0.5) is 4.79 Å². The molecule has 0 unspecified atom stereocenters. The number of ether oxygens (including phenoxy) is 2. The Labute approximate surface area is 303 Å². The lowest BCUT2D eigenvalue weighted by atomic mass is 10.0. The number of carbonyl (C=O) groups excluding carboxylic acids is 3. The molecule has 0 saturated carbocycles. The quantitative estimate of drug-likeness (QED) is 0.113. The van der Waals surface area contributed by atoms with Crippen molar-refractivity contribution in [1.29, 1.82) is 0 Å². The molecule has 2 amide bonds. The van der Waals surface area contributed by atoms with Crippen LogP contribution in [0.2, 0.25) is 0 Å². The second-order valence-electron chi connectivity index (χ2n) is 14.0. The molecule has 4 rings (SSSR count). The van der Waals surface area contributed by atoms with Crippen LogP contribution in [0.1, 0.15) is 57.2 Å². The molecule has 2 atom stereocenters. The first kappa shape index (κ1) is 38.8. The van der Waals surface area contributed by atoms with E-state index in [9.17, 15) is 14.4 Å². The number of hydrogen-bond acceptors (Lipinski definition) is 6. The number of benzene rings is 4. The van der Waals surface area contributed by atoms with Gasteiger partial charge in [-0.15, -0.1) is 0 Å². The van der Waals surface area contributed by atoms with E-state index in [0.717, 1.165) is 40.7 Å². The number of unbranched alkanes of at least 4 members (excludes halogenated alkanes) is 1. The summed E-state index contributed by atoms with van der Waals surface area (Å²) in [6.07, 6.45) is 1.84. The molecule has 0 aliphatic carbocycles. The van der Waals surface area contributed by atoms with Crippen LogP contribution in [0, 0.1) is 5.92 Å². The first-order valence-corrected chi connectivity index (χ1v) is 17.8. The Bertz CT molecular complexity index is 1600. The van der Waals surface area contributed by atoms with Gasteiger partial charge < -0.3 is 19.7 Å². The van der Waals surface area contributed by atoms with Gasteiger partial charge in [0.05, 0.1) is 13.0 Å². The molecule has 0 bridgehead atoms. The fourth-order valence-corrected chi connectivity index (χ4v) is 5.94. The molecule has 0 spiro atoms. The van der Waals surface area contributed by atoms with Crippen LogP contribution < -0.4 is 5.32 Å². The van der Waals surface area contributed by atoms with Gasteiger partial charge in [-0.1, -0.05) is 129 Å². The third-order valence-electron chi connectivity index (χ3n) is 8.51. The summed E-state index contributed by atoms with van der Waals surface area (Å²) in [5.74, 6) is -1.56. The summed E-state index contributed by atoms with van der Waals surface area (Å²) < 4.78 is 11.1. The summed E-state index contributed by atoms with van der Waals surface area (Å²) in [6.45, 7) is 9.74. The number of esters is 2. The SMILES string of the molecule is CCCCN(C[C@H](CN(Cc1ccccc1)Cc1ccccc1)C(=O)OC(C)(C)C)C(=O)N[C@@H](Cc1ccc(-c2ccccc2)cc1)C(=O)OC. The van der Waals surface area contributed by atoms with Crippen LogP contribution in [-0.4, -0.2) is 66.2 Å². The third kappa shape index (κ3) is 13.0. The van der Waals surface area contributed by atoms with E-state index >= 15 is 0 Å². The van der Waals surface area contributed by atoms with E-state index in [0.29, 0.717) is 26.2 Å². The molecule has 51 heavy (non-hydrogen) atoms. The van der Waals surface area contributed by atoms with E-state index in [1.807, 2.05) is 112 Å². The number of methoxy groups -OCH3 is 1. The van der Waals surface area contributed by atoms with Gasteiger partial charge in [-0.3, -0.25) is 9.69 Å². The van der Waals surface area contributed by atoms with E-state index in [-0.39, 0.29) is 18.9 Å². The standard InChI is InChI=1S/C43H53N3O5/c1-6-7-27-46(42(49)44-39(41(48)50-5)28-33-23-25-37(26-24-33)36-21-15-10-16-22-36)32-38(40(47)51-43(2,3)4)31-45(29-34-17-11-8-12-18-34)30-35-19-13-9-14-20-35/h8-26,38-39H,6-7,27-32H2,1-5H3,(H,44,49)/t38-,39-/m0/s1. The second kappa shape index (κ2) is 19.4. The monoisotopic (exact) mass is 691 g/mol. The minimum Gasteiger partial charge on any atom is -0.467 e. The molecule has 8 heteroatoms. The van der Waals surface area contributed by atoms with Gasteiger partial charge in [-0.05, 0) is 55.0 Å². The van der Waals surface area contributed by atoms with Crippen molar-refractivity contribution < 1.29 is 23.9 Å². The Morgan fingerprint density at radius 2 is 1.22 bits per heavy atom. The predicted molar refractivity (Wildman–Crippen MR) is 203 cm³/mol. The highest BCUT2D eigenvalue weighted by Gasteiger charge is 2.32. The normalized spacial score (nSPS) is 12.5. The van der Waals surface area contributed by atoms with Crippen LogP contribution in [-0.2, 0) is 38.6 Å². The van der Waals surface area contributed by atoms with E-state index in [1.165, 1.54) is 7.11 Å². The van der Waals surface area contributed by atoms with Crippen molar-refractivity contribution in [3.63, 3.8) is 0 Å². The summed E-state index contributed by atoms with van der Waals surface area (Å²) in [6, 6.07) is 37.0. The van der Waals surface area contributed by atoms with E-state index < -0.39 is 29.6 Å². The van der Waals surface area contributed by atoms with Crippen molar-refractivity contribution in [3.05, 3.63) is 132 Å². The second-order valence-corrected chi connectivity index (χ2v) is 14.0. The van der Waals surface area contributed by atoms with Crippen molar-refractivity contribution in [2.45, 2.75) is 71.7 Å². The molecule has 8 nitrogen and oxygen atoms in total. The van der Waals surface area contributed by atoms with Crippen molar-refractivity contribution in [2.24, 2.45) is 5.92 Å². The average molecular weight is 692 g/mol. The zero-order valence-electron chi connectivity index (χ0n) is 30.7. The molecule has 0 radical (unpaired) electrons. The molecule has 4 aromatic carbocycles. The summed E-state index contributed by atoms with van der Waals surface area (Å²) in [7, 11) is 1.32. The Balaban J connectivity index is 1.57. The van der Waals surface area contributed by atoms with Gasteiger partial charge in [-0.2, -0.15) is 0 Å². The third-order valence-corrected chi connectivity index (χ3v) is 8.51. The Hall–Kier alpha value is -4.95. The van der Waals surface area contributed by atoms with Crippen LogP contribution in [0.3, 0.4) is 0 Å². The number of rotatable bonds is 17. The molecule has 0 fully saturated rings. The Morgan fingerprint density at radius 3 is 1.73 bits per heavy atom. The fourth-order valence-electron chi connectivity index (χ4n) is 5.94. The highest BCUT2D eigenvalue weighted by Crippen LogP contribution is 2.21. The maximum absolute atomic E-state index is 14.1. The Morgan fingerprint density at radius 1 is 0.686 bits per heavy atom. The minimum atomic E-state index is -0.915. The smallest absolute Gasteiger partial charge is 0.328 e. The molecular weight excluding hydrogens is 638 g/mol. The van der Waals surface area contributed by atoms with Gasteiger partial charge in [0.2, 0.25) is 0 Å². The van der Waals surface area contributed by atoms with Crippen LogP contribution in [0.15, 0.2) is 115 Å². The van der Waals surface area contributed by atoms with Gasteiger partial charge in [0.1, 0.15) is 11.6 Å². The number of urea groups is 1. The van der Waals surface area contributed by atoms with Crippen molar-refractivity contribution in [2.75, 3.05) is 26.7 Å². The molecule has 1 N–H and O–H groups in total. The fraction of sp³-hybridized carbons (Fsp3) is 0.372. The van der Waals surface area contributed by atoms with Gasteiger partial charge in [0.25, 0.3) is 0 Å². The van der Waals surface area contributed by atoms with E-state index in [4.69, 9.17) is 9.47 Å². The number of nitrogens with one attached hydrogen (secondary N) is 1. The van der Waals surface area contributed by atoms with Gasteiger partial charge in [0.15, 0.2) is 0 Å². The highest BCUT2D eigenvalue weighted by atomic mass is 16.6. The van der Waals surface area contributed by atoms with Crippen molar-refractivity contribution >= 4 is 18.0 Å². The van der Waals surface area contributed by atoms with E-state index in [2.05, 4.69) is 41.4 Å². The lowest BCUT2D eigenvalue weighted by Crippen LogP contribution is -2.52. The lowest BCUT2D eigenvalue weighted by Gasteiger charge is -2.33. The zero-order chi connectivity index (χ0) is 36.6. The molecule has 0 aliphatic rings. The molecule has 0 heterocycles. The number of amides is 2. The highest BCUT2D eigenvalue weighted by molar-refractivity contribution is 5.84. The molecule has 0 saturated heterocycles. The first-order valence-electron chi connectivity index (χ1n) is 17.8. The van der Waals surface area contributed by atoms with Crippen molar-refractivity contribution in [3.8, 4) is 11.1 Å². The van der Waals surface area contributed by atoms with Gasteiger partial charge in [0, 0.05) is 39.1 Å². The summed E-state index contributed by atoms with van der Waals surface area (Å²) in [5, 5.41) is 2.94. The largest absolute Gasteiger partial charge is 0.467 e. The summed E-state index contributed by atoms with van der Waals surface area (Å²) >= 11 is 0. The maximum atomic E-state index is 14.1. The molecule has 270 valence electrons. The van der Waals surface area contributed by atoms with Gasteiger partial charge >= 0.3 is 18.0 Å². The summed E-state index contributed by atoms with van der Waals surface area (Å²) in [4.78, 5) is 44.9. The lowest BCUT2D eigenvalue weighted by molar-refractivity contribution is -0.161. The number of hydrogen-bond donors (Lipinski definition) is 1. The average Bonchev–Trinajstić information content (AvgIpc) is 3.13. The zero-order valence-corrected chi connectivity index (χ0v) is 30.7. The van der Waals surface area contributed by atoms with E-state index in [1.54, 1.807) is 4.90 Å². The number of nitrogens with zero attached hydrogens (tertiary/aromatic N) is 2. The maximum Gasteiger partial charge on any atom is 0.328 e.